The van der Waals surface area contributed by atoms with E-state index in [0.29, 0.717) is 6.04 Å². The normalized spacial score (nSPS) is 36.9. The number of hydrogen-bond acceptors (Lipinski definition) is 2. The minimum absolute atomic E-state index is 0.694. The Labute approximate surface area is 120 Å². The Bertz CT molecular complexity index is 258. The molecule has 1 saturated carbocycles. The molecule has 2 nitrogen and oxygen atoms in total. The van der Waals surface area contributed by atoms with Gasteiger partial charge in [0.2, 0.25) is 0 Å². The summed E-state index contributed by atoms with van der Waals surface area (Å²) in [4.78, 5) is 2.83. The number of hydrogen-bond donors (Lipinski definition) is 1. The van der Waals surface area contributed by atoms with Crippen molar-refractivity contribution in [2.45, 2.75) is 71.9 Å². The molecule has 0 aromatic carbocycles. The first-order chi connectivity index (χ1) is 9.08. The summed E-state index contributed by atoms with van der Waals surface area (Å²) in [5.74, 6) is 2.68. The zero-order valence-electron chi connectivity index (χ0n) is 13.5. The molecular formula is C17H34N2. The SMILES string of the molecule is CC1CCC(C)C(N(CC2CCCNC2)C(C)C)C1. The van der Waals surface area contributed by atoms with Crippen LogP contribution >= 0.6 is 0 Å². The van der Waals surface area contributed by atoms with E-state index in [1.165, 1.54) is 51.7 Å². The predicted octanol–water partition coefficient (Wildman–Crippen LogP) is 3.52. The minimum atomic E-state index is 0.694. The van der Waals surface area contributed by atoms with Crippen LogP contribution < -0.4 is 5.32 Å². The molecule has 0 aromatic heterocycles. The largest absolute Gasteiger partial charge is 0.316 e. The minimum Gasteiger partial charge on any atom is -0.316 e. The molecule has 2 aliphatic rings. The van der Waals surface area contributed by atoms with Crippen molar-refractivity contribution in [1.82, 2.24) is 10.2 Å². The van der Waals surface area contributed by atoms with Crippen molar-refractivity contribution in [1.29, 1.82) is 0 Å². The fourth-order valence-corrected chi connectivity index (χ4v) is 4.07. The van der Waals surface area contributed by atoms with Gasteiger partial charge in [-0.05, 0) is 70.4 Å². The Hall–Kier alpha value is -0.0800. The van der Waals surface area contributed by atoms with E-state index in [9.17, 15) is 0 Å². The second-order valence-electron chi connectivity index (χ2n) is 7.47. The lowest BCUT2D eigenvalue weighted by Crippen LogP contribution is -2.50. The third kappa shape index (κ3) is 4.19. The quantitative estimate of drug-likeness (QED) is 0.837. The molecular weight excluding hydrogens is 232 g/mol. The Morgan fingerprint density at radius 2 is 1.95 bits per heavy atom. The maximum atomic E-state index is 3.58. The average Bonchev–Trinajstić information content (AvgIpc) is 2.40. The highest BCUT2D eigenvalue weighted by molar-refractivity contribution is 4.87. The van der Waals surface area contributed by atoms with Crippen LogP contribution in [0, 0.1) is 17.8 Å². The summed E-state index contributed by atoms with van der Waals surface area (Å²) < 4.78 is 0. The summed E-state index contributed by atoms with van der Waals surface area (Å²) in [6.07, 6.45) is 7.08. The van der Waals surface area contributed by atoms with Gasteiger partial charge in [-0.1, -0.05) is 20.3 Å². The lowest BCUT2D eigenvalue weighted by molar-refractivity contribution is 0.0472. The number of rotatable bonds is 4. The molecule has 1 heterocycles. The summed E-state index contributed by atoms with van der Waals surface area (Å²) in [7, 11) is 0. The lowest BCUT2D eigenvalue weighted by Gasteiger charge is -2.45. The van der Waals surface area contributed by atoms with Gasteiger partial charge in [-0.2, -0.15) is 0 Å². The van der Waals surface area contributed by atoms with Crippen molar-refractivity contribution < 1.29 is 0 Å². The Morgan fingerprint density at radius 3 is 2.58 bits per heavy atom. The fourth-order valence-electron chi connectivity index (χ4n) is 4.07. The maximum absolute atomic E-state index is 3.58. The molecule has 4 unspecified atom stereocenters. The van der Waals surface area contributed by atoms with Gasteiger partial charge in [0.05, 0.1) is 0 Å². The molecule has 0 bridgehead atoms. The average molecular weight is 266 g/mol. The van der Waals surface area contributed by atoms with E-state index in [2.05, 4.69) is 37.9 Å². The topological polar surface area (TPSA) is 15.3 Å². The molecule has 0 amide bonds. The van der Waals surface area contributed by atoms with Crippen molar-refractivity contribution >= 4 is 0 Å². The molecule has 2 fully saturated rings. The molecule has 1 aliphatic heterocycles. The molecule has 112 valence electrons. The van der Waals surface area contributed by atoms with Crippen molar-refractivity contribution in [2.24, 2.45) is 17.8 Å². The monoisotopic (exact) mass is 266 g/mol. The van der Waals surface area contributed by atoms with Gasteiger partial charge < -0.3 is 5.32 Å². The summed E-state index contributed by atoms with van der Waals surface area (Å²) in [6, 6.07) is 1.52. The molecule has 0 spiro atoms. The fraction of sp³-hybridized carbons (Fsp3) is 1.00. The zero-order chi connectivity index (χ0) is 13.8. The van der Waals surface area contributed by atoms with Crippen molar-refractivity contribution in [3.63, 3.8) is 0 Å². The van der Waals surface area contributed by atoms with Crippen LogP contribution in [0.1, 0.15) is 59.8 Å². The van der Waals surface area contributed by atoms with E-state index in [-0.39, 0.29) is 0 Å². The molecule has 1 N–H and O–H groups in total. The molecule has 0 radical (unpaired) electrons. The highest BCUT2D eigenvalue weighted by atomic mass is 15.2. The molecule has 19 heavy (non-hydrogen) atoms. The van der Waals surface area contributed by atoms with Crippen molar-refractivity contribution in [2.75, 3.05) is 19.6 Å². The molecule has 2 rings (SSSR count). The summed E-state index contributed by atoms with van der Waals surface area (Å²) in [5.41, 5.74) is 0. The highest BCUT2D eigenvalue weighted by Gasteiger charge is 2.32. The number of nitrogens with one attached hydrogen (secondary N) is 1. The van der Waals surface area contributed by atoms with Gasteiger partial charge in [-0.3, -0.25) is 4.90 Å². The van der Waals surface area contributed by atoms with Crippen LogP contribution in [-0.4, -0.2) is 36.6 Å². The molecule has 2 heteroatoms. The Balaban J connectivity index is 1.97. The van der Waals surface area contributed by atoms with E-state index in [4.69, 9.17) is 0 Å². The van der Waals surface area contributed by atoms with Crippen LogP contribution in [-0.2, 0) is 0 Å². The third-order valence-corrected chi connectivity index (χ3v) is 5.37. The second-order valence-corrected chi connectivity index (χ2v) is 7.47. The zero-order valence-corrected chi connectivity index (χ0v) is 13.5. The molecule has 4 atom stereocenters. The van der Waals surface area contributed by atoms with Crippen LogP contribution in [0.4, 0.5) is 0 Å². The molecule has 1 aliphatic carbocycles. The van der Waals surface area contributed by atoms with Gasteiger partial charge in [-0.25, -0.2) is 0 Å². The predicted molar refractivity (Wildman–Crippen MR) is 83.4 cm³/mol. The van der Waals surface area contributed by atoms with Crippen LogP contribution in [0.5, 0.6) is 0 Å². The van der Waals surface area contributed by atoms with E-state index in [1.54, 1.807) is 0 Å². The van der Waals surface area contributed by atoms with E-state index in [0.717, 1.165) is 23.8 Å². The van der Waals surface area contributed by atoms with E-state index in [1.807, 2.05) is 0 Å². The van der Waals surface area contributed by atoms with Crippen LogP contribution in [0.25, 0.3) is 0 Å². The summed E-state index contributed by atoms with van der Waals surface area (Å²) in [6.45, 7) is 13.5. The highest BCUT2D eigenvalue weighted by Crippen LogP contribution is 2.33. The summed E-state index contributed by atoms with van der Waals surface area (Å²) in [5, 5.41) is 3.58. The van der Waals surface area contributed by atoms with Crippen molar-refractivity contribution in [3.8, 4) is 0 Å². The van der Waals surface area contributed by atoms with Gasteiger partial charge in [0.15, 0.2) is 0 Å². The van der Waals surface area contributed by atoms with E-state index < -0.39 is 0 Å². The van der Waals surface area contributed by atoms with Gasteiger partial charge in [0.25, 0.3) is 0 Å². The maximum Gasteiger partial charge on any atom is 0.0126 e. The van der Waals surface area contributed by atoms with Crippen LogP contribution in [0.15, 0.2) is 0 Å². The van der Waals surface area contributed by atoms with Gasteiger partial charge in [0, 0.05) is 18.6 Å². The smallest absolute Gasteiger partial charge is 0.0126 e. The first kappa shape index (κ1) is 15.3. The second kappa shape index (κ2) is 7.08. The first-order valence-corrected chi connectivity index (χ1v) is 8.54. The Kier molecular flexibility index (Phi) is 5.70. The van der Waals surface area contributed by atoms with Gasteiger partial charge in [-0.15, -0.1) is 0 Å². The van der Waals surface area contributed by atoms with E-state index >= 15 is 0 Å². The number of nitrogens with zero attached hydrogens (tertiary/aromatic N) is 1. The first-order valence-electron chi connectivity index (χ1n) is 8.54. The van der Waals surface area contributed by atoms with Gasteiger partial charge >= 0.3 is 0 Å². The standard InChI is InChI=1S/C17H34N2/c1-13(2)19(12-16-6-5-9-18-11-16)17-10-14(3)7-8-15(17)4/h13-18H,5-12H2,1-4H3. The summed E-state index contributed by atoms with van der Waals surface area (Å²) >= 11 is 0. The third-order valence-electron chi connectivity index (χ3n) is 5.37. The Morgan fingerprint density at radius 1 is 1.16 bits per heavy atom. The number of piperidine rings is 1. The van der Waals surface area contributed by atoms with Crippen LogP contribution in [0.2, 0.25) is 0 Å². The van der Waals surface area contributed by atoms with Gasteiger partial charge in [0.1, 0.15) is 0 Å². The molecule has 1 saturated heterocycles. The van der Waals surface area contributed by atoms with Crippen molar-refractivity contribution in [3.05, 3.63) is 0 Å². The lowest BCUT2D eigenvalue weighted by atomic mass is 9.78. The van der Waals surface area contributed by atoms with Crippen LogP contribution in [0.3, 0.4) is 0 Å². The molecule has 0 aromatic rings.